The molecule has 19 heavy (non-hydrogen) atoms. The second-order valence-corrected chi connectivity index (χ2v) is 5.09. The highest BCUT2D eigenvalue weighted by Crippen LogP contribution is 2.19. The molecule has 0 aliphatic rings. The number of carbonyl (C=O) groups excluding carboxylic acids is 1. The van der Waals surface area contributed by atoms with Crippen molar-refractivity contribution in [1.29, 1.82) is 0 Å². The van der Waals surface area contributed by atoms with Gasteiger partial charge in [-0.05, 0) is 52.7 Å². The minimum absolute atomic E-state index is 0.169. The average molecular weight is 320 g/mol. The van der Waals surface area contributed by atoms with E-state index < -0.39 is 6.10 Å². The predicted molar refractivity (Wildman–Crippen MR) is 79.2 cm³/mol. The molecule has 0 saturated carbocycles. The molecule has 4 heteroatoms. The van der Waals surface area contributed by atoms with E-state index in [9.17, 15) is 9.90 Å². The van der Waals surface area contributed by atoms with Crippen LogP contribution < -0.4 is 5.32 Å². The minimum Gasteiger partial charge on any atom is -0.389 e. The fourth-order valence-electron chi connectivity index (χ4n) is 1.69. The van der Waals surface area contributed by atoms with Crippen molar-refractivity contribution in [3.05, 3.63) is 64.1 Å². The first kappa shape index (κ1) is 13.8. The van der Waals surface area contributed by atoms with Crippen LogP contribution in [0.3, 0.4) is 0 Å². The van der Waals surface area contributed by atoms with Gasteiger partial charge in [-0.3, -0.25) is 4.79 Å². The number of halogens is 1. The SMILES string of the molecule is C[C@@H](O)c1ccc(NC(=O)c2ccccc2Br)cc1. The van der Waals surface area contributed by atoms with Crippen LogP contribution in [0.5, 0.6) is 0 Å². The lowest BCUT2D eigenvalue weighted by atomic mass is 10.1. The molecular weight excluding hydrogens is 306 g/mol. The third-order valence-corrected chi connectivity index (χ3v) is 3.46. The van der Waals surface area contributed by atoms with Crippen LogP contribution in [0, 0.1) is 0 Å². The number of aliphatic hydroxyl groups is 1. The van der Waals surface area contributed by atoms with Gasteiger partial charge in [0.05, 0.1) is 11.7 Å². The van der Waals surface area contributed by atoms with E-state index in [1.54, 1.807) is 37.3 Å². The summed E-state index contributed by atoms with van der Waals surface area (Å²) in [5.74, 6) is -0.169. The standard InChI is InChI=1S/C15H14BrNO2/c1-10(18)11-6-8-12(9-7-11)17-15(19)13-4-2-3-5-14(13)16/h2-10,18H,1H3,(H,17,19)/t10-/m1/s1. The molecule has 0 aliphatic heterocycles. The molecular formula is C15H14BrNO2. The van der Waals surface area contributed by atoms with Crippen LogP contribution in [0.1, 0.15) is 28.9 Å². The molecule has 2 aromatic rings. The smallest absolute Gasteiger partial charge is 0.256 e. The zero-order valence-corrected chi connectivity index (χ0v) is 12.0. The van der Waals surface area contributed by atoms with Crippen LogP contribution in [-0.4, -0.2) is 11.0 Å². The fourth-order valence-corrected chi connectivity index (χ4v) is 2.15. The van der Waals surface area contributed by atoms with Crippen molar-refractivity contribution < 1.29 is 9.90 Å². The Morgan fingerprint density at radius 1 is 1.16 bits per heavy atom. The van der Waals surface area contributed by atoms with E-state index in [1.807, 2.05) is 18.2 Å². The third-order valence-electron chi connectivity index (χ3n) is 2.77. The summed E-state index contributed by atoms with van der Waals surface area (Å²) in [6, 6.07) is 14.4. The zero-order chi connectivity index (χ0) is 13.8. The average Bonchev–Trinajstić information content (AvgIpc) is 2.39. The van der Waals surface area contributed by atoms with Crippen molar-refractivity contribution in [2.75, 3.05) is 5.32 Å². The largest absolute Gasteiger partial charge is 0.389 e. The van der Waals surface area contributed by atoms with Crippen LogP contribution in [0.2, 0.25) is 0 Å². The second kappa shape index (κ2) is 5.99. The van der Waals surface area contributed by atoms with E-state index in [4.69, 9.17) is 0 Å². The van der Waals surface area contributed by atoms with Gasteiger partial charge in [-0.15, -0.1) is 0 Å². The fraction of sp³-hybridized carbons (Fsp3) is 0.133. The zero-order valence-electron chi connectivity index (χ0n) is 10.4. The molecule has 2 rings (SSSR count). The van der Waals surface area contributed by atoms with Gasteiger partial charge in [0.1, 0.15) is 0 Å². The van der Waals surface area contributed by atoms with Crippen LogP contribution in [0.15, 0.2) is 53.0 Å². The van der Waals surface area contributed by atoms with Crippen molar-refractivity contribution in [1.82, 2.24) is 0 Å². The number of hydrogen-bond donors (Lipinski definition) is 2. The molecule has 0 aromatic heterocycles. The summed E-state index contributed by atoms with van der Waals surface area (Å²) in [6.07, 6.45) is -0.506. The van der Waals surface area contributed by atoms with E-state index in [-0.39, 0.29) is 5.91 Å². The van der Waals surface area contributed by atoms with Crippen molar-refractivity contribution in [3.8, 4) is 0 Å². The van der Waals surface area contributed by atoms with E-state index >= 15 is 0 Å². The van der Waals surface area contributed by atoms with Gasteiger partial charge in [0.2, 0.25) is 0 Å². The molecule has 0 unspecified atom stereocenters. The second-order valence-electron chi connectivity index (χ2n) is 4.23. The first-order valence-electron chi connectivity index (χ1n) is 5.92. The molecule has 1 amide bonds. The van der Waals surface area contributed by atoms with E-state index in [0.717, 1.165) is 10.0 Å². The summed E-state index contributed by atoms with van der Waals surface area (Å²) < 4.78 is 0.758. The molecule has 2 aromatic carbocycles. The normalized spacial score (nSPS) is 11.9. The molecule has 0 fully saturated rings. The minimum atomic E-state index is -0.506. The van der Waals surface area contributed by atoms with Crippen LogP contribution >= 0.6 is 15.9 Å². The monoisotopic (exact) mass is 319 g/mol. The van der Waals surface area contributed by atoms with Crippen molar-refractivity contribution >= 4 is 27.5 Å². The molecule has 0 aliphatic carbocycles. The predicted octanol–water partition coefficient (Wildman–Crippen LogP) is 3.75. The highest BCUT2D eigenvalue weighted by Gasteiger charge is 2.09. The lowest BCUT2D eigenvalue weighted by Crippen LogP contribution is -2.12. The van der Waals surface area contributed by atoms with E-state index in [2.05, 4.69) is 21.2 Å². The Morgan fingerprint density at radius 3 is 2.37 bits per heavy atom. The van der Waals surface area contributed by atoms with Gasteiger partial charge in [0, 0.05) is 10.2 Å². The van der Waals surface area contributed by atoms with E-state index in [1.165, 1.54) is 0 Å². The third kappa shape index (κ3) is 3.43. The van der Waals surface area contributed by atoms with Gasteiger partial charge in [-0.1, -0.05) is 24.3 Å². The first-order valence-corrected chi connectivity index (χ1v) is 6.71. The molecule has 0 radical (unpaired) electrons. The summed E-state index contributed by atoms with van der Waals surface area (Å²) >= 11 is 3.35. The molecule has 98 valence electrons. The Bertz CT molecular complexity index is 579. The molecule has 2 N–H and O–H groups in total. The number of benzene rings is 2. The van der Waals surface area contributed by atoms with Gasteiger partial charge in [-0.2, -0.15) is 0 Å². The number of hydrogen-bond acceptors (Lipinski definition) is 2. The van der Waals surface area contributed by atoms with E-state index in [0.29, 0.717) is 11.3 Å². The quantitative estimate of drug-likeness (QED) is 0.905. The van der Waals surface area contributed by atoms with Gasteiger partial charge >= 0.3 is 0 Å². The molecule has 0 saturated heterocycles. The lowest BCUT2D eigenvalue weighted by Gasteiger charge is -2.09. The highest BCUT2D eigenvalue weighted by molar-refractivity contribution is 9.10. The molecule has 0 heterocycles. The number of carbonyl (C=O) groups is 1. The number of nitrogens with one attached hydrogen (secondary N) is 1. The van der Waals surface area contributed by atoms with Crippen molar-refractivity contribution in [3.63, 3.8) is 0 Å². The number of rotatable bonds is 3. The first-order chi connectivity index (χ1) is 9.08. The maximum absolute atomic E-state index is 12.1. The van der Waals surface area contributed by atoms with Gasteiger partial charge in [0.25, 0.3) is 5.91 Å². The molecule has 0 spiro atoms. The summed E-state index contributed by atoms with van der Waals surface area (Å²) in [7, 11) is 0. The summed E-state index contributed by atoms with van der Waals surface area (Å²) in [5, 5.41) is 12.2. The lowest BCUT2D eigenvalue weighted by molar-refractivity contribution is 0.102. The molecule has 0 bridgehead atoms. The Labute approximate surface area is 120 Å². The topological polar surface area (TPSA) is 49.3 Å². The molecule has 1 atom stereocenters. The number of aliphatic hydroxyl groups excluding tert-OH is 1. The maximum atomic E-state index is 12.1. The number of anilines is 1. The van der Waals surface area contributed by atoms with Crippen LogP contribution in [-0.2, 0) is 0 Å². The van der Waals surface area contributed by atoms with Gasteiger partial charge in [0.15, 0.2) is 0 Å². The summed E-state index contributed by atoms with van der Waals surface area (Å²) in [4.78, 5) is 12.1. The molecule has 3 nitrogen and oxygen atoms in total. The van der Waals surface area contributed by atoms with Crippen LogP contribution in [0.4, 0.5) is 5.69 Å². The number of amides is 1. The van der Waals surface area contributed by atoms with Crippen molar-refractivity contribution in [2.24, 2.45) is 0 Å². The van der Waals surface area contributed by atoms with Crippen molar-refractivity contribution in [2.45, 2.75) is 13.0 Å². The van der Waals surface area contributed by atoms with Crippen LogP contribution in [0.25, 0.3) is 0 Å². The summed E-state index contributed by atoms with van der Waals surface area (Å²) in [5.41, 5.74) is 2.10. The Morgan fingerprint density at radius 2 is 1.79 bits per heavy atom. The maximum Gasteiger partial charge on any atom is 0.256 e. The Kier molecular flexibility index (Phi) is 4.35. The van der Waals surface area contributed by atoms with Gasteiger partial charge < -0.3 is 10.4 Å². The Hall–Kier alpha value is -1.65. The highest BCUT2D eigenvalue weighted by atomic mass is 79.9. The Balaban J connectivity index is 2.13. The van der Waals surface area contributed by atoms with Gasteiger partial charge in [-0.25, -0.2) is 0 Å². The summed E-state index contributed by atoms with van der Waals surface area (Å²) in [6.45, 7) is 1.70.